The van der Waals surface area contributed by atoms with E-state index in [1.165, 1.54) is 12.8 Å². The Bertz CT molecular complexity index is 239. The number of aliphatic hydroxyl groups is 2. The van der Waals surface area contributed by atoms with Gasteiger partial charge in [0.15, 0.2) is 0 Å². The summed E-state index contributed by atoms with van der Waals surface area (Å²) in [6.45, 7) is 5.22. The summed E-state index contributed by atoms with van der Waals surface area (Å²) < 4.78 is 5.57. The lowest BCUT2D eigenvalue weighted by molar-refractivity contribution is -0.0604. The van der Waals surface area contributed by atoms with Gasteiger partial charge in [-0.15, -0.1) is 0 Å². The molecule has 0 aromatic rings. The molecule has 2 aliphatic rings. The van der Waals surface area contributed by atoms with E-state index in [-0.39, 0.29) is 12.0 Å². The van der Waals surface area contributed by atoms with Crippen molar-refractivity contribution in [3.05, 3.63) is 0 Å². The molecule has 2 fully saturated rings. The van der Waals surface area contributed by atoms with E-state index in [9.17, 15) is 5.11 Å². The van der Waals surface area contributed by atoms with Crippen LogP contribution in [0.15, 0.2) is 0 Å². The van der Waals surface area contributed by atoms with Crippen molar-refractivity contribution in [2.75, 3.05) is 46.1 Å². The van der Waals surface area contributed by atoms with Gasteiger partial charge < -0.3 is 19.8 Å². The molecule has 4 heteroatoms. The fourth-order valence-corrected chi connectivity index (χ4v) is 3.40. The zero-order valence-corrected chi connectivity index (χ0v) is 11.3. The van der Waals surface area contributed by atoms with Crippen molar-refractivity contribution in [2.45, 2.75) is 32.1 Å². The van der Waals surface area contributed by atoms with Crippen molar-refractivity contribution in [2.24, 2.45) is 11.3 Å². The molecular formula is C14H27NO3. The maximum absolute atomic E-state index is 9.69. The highest BCUT2D eigenvalue weighted by molar-refractivity contribution is 4.86. The predicted octanol–water partition coefficient (Wildman–Crippen LogP) is 0.870. The van der Waals surface area contributed by atoms with Gasteiger partial charge in [0, 0.05) is 31.7 Å². The second-order valence-corrected chi connectivity index (χ2v) is 6.07. The number of aliphatic hydroxyl groups excluding tert-OH is 2. The summed E-state index contributed by atoms with van der Waals surface area (Å²) in [6, 6.07) is 0. The van der Waals surface area contributed by atoms with Crippen molar-refractivity contribution in [3.63, 3.8) is 0 Å². The van der Waals surface area contributed by atoms with Gasteiger partial charge in [0.1, 0.15) is 0 Å². The van der Waals surface area contributed by atoms with Gasteiger partial charge in [-0.1, -0.05) is 0 Å². The molecule has 0 saturated carbocycles. The molecule has 2 atom stereocenters. The molecule has 0 aromatic heterocycles. The van der Waals surface area contributed by atoms with Gasteiger partial charge in [0.2, 0.25) is 0 Å². The lowest BCUT2D eigenvalue weighted by atomic mass is 9.82. The van der Waals surface area contributed by atoms with Crippen LogP contribution in [0.4, 0.5) is 0 Å². The Kier molecular flexibility index (Phi) is 5.42. The molecule has 0 radical (unpaired) electrons. The predicted molar refractivity (Wildman–Crippen MR) is 70.4 cm³/mol. The molecule has 2 saturated heterocycles. The van der Waals surface area contributed by atoms with E-state index in [2.05, 4.69) is 4.90 Å². The van der Waals surface area contributed by atoms with Crippen LogP contribution >= 0.6 is 0 Å². The second kappa shape index (κ2) is 6.85. The van der Waals surface area contributed by atoms with Gasteiger partial charge in [0.25, 0.3) is 0 Å². The minimum Gasteiger partial charge on any atom is -0.396 e. The normalized spacial score (nSPS) is 34.7. The summed E-state index contributed by atoms with van der Waals surface area (Å²) in [6.07, 6.45) is 5.50. The summed E-state index contributed by atoms with van der Waals surface area (Å²) >= 11 is 0. The first-order valence-electron chi connectivity index (χ1n) is 7.30. The number of nitrogens with zero attached hydrogens (tertiary/aromatic N) is 1. The Morgan fingerprint density at radius 1 is 1.28 bits per heavy atom. The third-order valence-corrected chi connectivity index (χ3v) is 4.44. The minimum atomic E-state index is -0.0423. The zero-order valence-electron chi connectivity index (χ0n) is 11.3. The first-order valence-corrected chi connectivity index (χ1v) is 7.30. The summed E-state index contributed by atoms with van der Waals surface area (Å²) in [7, 11) is 0. The van der Waals surface area contributed by atoms with Gasteiger partial charge >= 0.3 is 0 Å². The van der Waals surface area contributed by atoms with Crippen molar-refractivity contribution in [1.82, 2.24) is 4.90 Å². The fourth-order valence-electron chi connectivity index (χ4n) is 3.40. The molecule has 2 N–H and O–H groups in total. The Hall–Kier alpha value is -0.160. The second-order valence-electron chi connectivity index (χ2n) is 6.07. The van der Waals surface area contributed by atoms with E-state index in [4.69, 9.17) is 9.84 Å². The van der Waals surface area contributed by atoms with E-state index in [1.54, 1.807) is 0 Å². The van der Waals surface area contributed by atoms with Crippen LogP contribution in [0, 0.1) is 11.3 Å². The summed E-state index contributed by atoms with van der Waals surface area (Å²) in [5.41, 5.74) is -0.0423. The van der Waals surface area contributed by atoms with Gasteiger partial charge in [-0.3, -0.25) is 0 Å². The molecule has 0 spiro atoms. The Balaban J connectivity index is 1.86. The smallest absolute Gasteiger partial charge is 0.0556 e. The van der Waals surface area contributed by atoms with Crippen LogP contribution in [-0.4, -0.2) is 61.2 Å². The Morgan fingerprint density at radius 2 is 2.17 bits per heavy atom. The van der Waals surface area contributed by atoms with Crippen LogP contribution < -0.4 is 0 Å². The molecule has 2 heterocycles. The Labute approximate surface area is 110 Å². The number of hydrogen-bond donors (Lipinski definition) is 2. The number of likely N-dealkylation sites (tertiary alicyclic amines) is 1. The van der Waals surface area contributed by atoms with E-state index in [0.717, 1.165) is 45.5 Å². The molecule has 0 aromatic carbocycles. The fraction of sp³-hybridized carbons (Fsp3) is 1.00. The van der Waals surface area contributed by atoms with Gasteiger partial charge in [-0.2, -0.15) is 0 Å². The highest BCUT2D eigenvalue weighted by Gasteiger charge is 2.35. The Morgan fingerprint density at radius 3 is 2.83 bits per heavy atom. The van der Waals surface area contributed by atoms with Gasteiger partial charge in [0.05, 0.1) is 13.2 Å². The maximum Gasteiger partial charge on any atom is 0.0556 e. The molecule has 2 rings (SSSR count). The molecule has 2 aliphatic heterocycles. The van der Waals surface area contributed by atoms with E-state index >= 15 is 0 Å². The molecule has 18 heavy (non-hydrogen) atoms. The van der Waals surface area contributed by atoms with Crippen molar-refractivity contribution in [1.29, 1.82) is 0 Å². The zero-order chi connectivity index (χ0) is 12.8. The lowest BCUT2D eigenvalue weighted by Crippen LogP contribution is -2.48. The summed E-state index contributed by atoms with van der Waals surface area (Å²) in [4.78, 5) is 2.47. The monoisotopic (exact) mass is 257 g/mol. The summed E-state index contributed by atoms with van der Waals surface area (Å²) in [5.74, 6) is 0.629. The largest absolute Gasteiger partial charge is 0.396 e. The molecule has 2 unspecified atom stereocenters. The van der Waals surface area contributed by atoms with E-state index in [0.29, 0.717) is 19.1 Å². The van der Waals surface area contributed by atoms with Crippen LogP contribution in [0.5, 0.6) is 0 Å². The van der Waals surface area contributed by atoms with Crippen LogP contribution in [-0.2, 0) is 4.74 Å². The van der Waals surface area contributed by atoms with Crippen LogP contribution in [0.3, 0.4) is 0 Å². The third kappa shape index (κ3) is 3.67. The molecule has 0 bridgehead atoms. The van der Waals surface area contributed by atoms with Crippen molar-refractivity contribution in [3.8, 4) is 0 Å². The van der Waals surface area contributed by atoms with Gasteiger partial charge in [-0.05, 0) is 44.6 Å². The quantitative estimate of drug-likeness (QED) is 0.767. The van der Waals surface area contributed by atoms with Crippen molar-refractivity contribution >= 4 is 0 Å². The minimum absolute atomic E-state index is 0.0423. The number of ether oxygens (including phenoxy) is 1. The average molecular weight is 257 g/mol. The number of hydrogen-bond acceptors (Lipinski definition) is 4. The molecule has 0 aliphatic carbocycles. The molecule has 106 valence electrons. The van der Waals surface area contributed by atoms with Crippen molar-refractivity contribution < 1.29 is 14.9 Å². The standard InChI is InChI=1S/C14H27NO3/c16-7-4-13-3-1-6-15(9-13)10-14(11-17)5-2-8-18-12-14/h13,16-17H,1-12H2. The highest BCUT2D eigenvalue weighted by atomic mass is 16.5. The first-order chi connectivity index (χ1) is 8.78. The highest BCUT2D eigenvalue weighted by Crippen LogP contribution is 2.31. The van der Waals surface area contributed by atoms with Crippen LogP contribution in [0.2, 0.25) is 0 Å². The van der Waals surface area contributed by atoms with Gasteiger partial charge in [-0.25, -0.2) is 0 Å². The van der Waals surface area contributed by atoms with Crippen LogP contribution in [0.1, 0.15) is 32.1 Å². The third-order valence-electron chi connectivity index (χ3n) is 4.44. The topological polar surface area (TPSA) is 52.9 Å². The van der Waals surface area contributed by atoms with E-state index < -0.39 is 0 Å². The molecular weight excluding hydrogens is 230 g/mol. The summed E-state index contributed by atoms with van der Waals surface area (Å²) in [5, 5.41) is 18.7. The molecule has 4 nitrogen and oxygen atoms in total. The SMILES string of the molecule is OCCC1CCCN(CC2(CO)CCCOC2)C1. The maximum atomic E-state index is 9.69. The number of piperidine rings is 1. The average Bonchev–Trinajstić information content (AvgIpc) is 2.41. The van der Waals surface area contributed by atoms with Crippen LogP contribution in [0.25, 0.3) is 0 Å². The first kappa shape index (κ1) is 14.3. The molecule has 0 amide bonds. The van der Waals surface area contributed by atoms with E-state index in [1.807, 2.05) is 0 Å². The number of rotatable bonds is 5. The lowest BCUT2D eigenvalue weighted by Gasteiger charge is -2.42.